The lowest BCUT2D eigenvalue weighted by atomic mass is 10.1. The van der Waals surface area contributed by atoms with Gasteiger partial charge in [0.15, 0.2) is 0 Å². The second kappa shape index (κ2) is 7.48. The van der Waals surface area contributed by atoms with Crippen molar-refractivity contribution in [1.29, 1.82) is 0 Å². The maximum atomic E-state index is 9.06. The van der Waals surface area contributed by atoms with Crippen molar-refractivity contribution in [2.24, 2.45) is 0 Å². The van der Waals surface area contributed by atoms with Crippen molar-refractivity contribution < 1.29 is 14.6 Å². The highest BCUT2D eigenvalue weighted by Gasteiger charge is 2.12. The summed E-state index contributed by atoms with van der Waals surface area (Å²) in [5.41, 5.74) is 2.66. The van der Waals surface area contributed by atoms with E-state index < -0.39 is 0 Å². The molecule has 0 fully saturated rings. The average molecular weight is 265 g/mol. The van der Waals surface area contributed by atoms with E-state index in [2.05, 4.69) is 23.1 Å². The first kappa shape index (κ1) is 14.3. The molecule has 0 unspecified atom stereocenters. The molecule has 0 saturated heterocycles. The van der Waals surface area contributed by atoms with Crippen LogP contribution < -0.4 is 4.74 Å². The fraction of sp³-hybridized carbons (Fsp3) is 0.600. The molecular weight excluding hydrogens is 242 g/mol. The van der Waals surface area contributed by atoms with Crippen molar-refractivity contribution in [3.63, 3.8) is 0 Å². The zero-order chi connectivity index (χ0) is 13.5. The van der Waals surface area contributed by atoms with Crippen LogP contribution in [0.15, 0.2) is 18.2 Å². The van der Waals surface area contributed by atoms with Gasteiger partial charge in [0.1, 0.15) is 5.75 Å². The van der Waals surface area contributed by atoms with Gasteiger partial charge in [0.05, 0.1) is 19.8 Å². The third-order valence-electron chi connectivity index (χ3n) is 3.50. The van der Waals surface area contributed by atoms with Crippen LogP contribution in [-0.4, -0.2) is 56.6 Å². The normalized spacial score (nSPS) is 13.6. The van der Waals surface area contributed by atoms with E-state index in [1.807, 2.05) is 0 Å². The Labute approximate surface area is 114 Å². The van der Waals surface area contributed by atoms with Crippen molar-refractivity contribution in [3.05, 3.63) is 29.3 Å². The van der Waals surface area contributed by atoms with E-state index in [9.17, 15) is 0 Å². The van der Waals surface area contributed by atoms with Crippen molar-refractivity contribution in [3.8, 4) is 5.75 Å². The van der Waals surface area contributed by atoms with Crippen LogP contribution in [0.1, 0.15) is 11.1 Å². The minimum absolute atomic E-state index is 0.196. The minimum atomic E-state index is 0.196. The summed E-state index contributed by atoms with van der Waals surface area (Å²) >= 11 is 0. The largest absolute Gasteiger partial charge is 0.493 e. The minimum Gasteiger partial charge on any atom is -0.493 e. The number of benzene rings is 1. The number of aliphatic hydroxyl groups is 1. The van der Waals surface area contributed by atoms with Crippen LogP contribution in [0.5, 0.6) is 5.75 Å². The van der Waals surface area contributed by atoms with Gasteiger partial charge < -0.3 is 14.6 Å². The maximum Gasteiger partial charge on any atom is 0.122 e. The molecule has 1 aliphatic heterocycles. The third-order valence-corrected chi connectivity index (χ3v) is 3.50. The van der Waals surface area contributed by atoms with Crippen molar-refractivity contribution in [2.75, 3.05) is 46.6 Å². The Hall–Kier alpha value is -1.10. The number of fused-ring (bicyclic) bond motifs is 1. The number of hydrogen-bond donors (Lipinski definition) is 1. The summed E-state index contributed by atoms with van der Waals surface area (Å²) in [6.45, 7) is 4.23. The number of aliphatic hydroxyl groups excluding tert-OH is 1. The van der Waals surface area contributed by atoms with Crippen LogP contribution in [-0.2, 0) is 17.6 Å². The first-order chi connectivity index (χ1) is 9.33. The number of methoxy groups -OCH3 is 1. The molecule has 1 aromatic carbocycles. The summed E-state index contributed by atoms with van der Waals surface area (Å²) < 4.78 is 10.6. The summed E-state index contributed by atoms with van der Waals surface area (Å²) in [6.07, 6.45) is 2.02. The molecule has 4 heteroatoms. The van der Waals surface area contributed by atoms with Crippen LogP contribution in [0.4, 0.5) is 0 Å². The SMILES string of the molecule is COCCN(CCO)CCc1ccc2c(c1)CCO2. The molecule has 0 aliphatic carbocycles. The standard InChI is InChI=1S/C15H23NO3/c1-18-11-8-16(7-9-17)6-4-13-2-3-15-14(12-13)5-10-19-15/h2-3,12,17H,4-11H2,1H3. The third kappa shape index (κ3) is 4.20. The predicted molar refractivity (Wildman–Crippen MR) is 74.7 cm³/mol. The molecule has 1 aromatic rings. The Morgan fingerprint density at radius 1 is 1.32 bits per heavy atom. The van der Waals surface area contributed by atoms with E-state index in [0.29, 0.717) is 13.2 Å². The summed E-state index contributed by atoms with van der Waals surface area (Å²) in [4.78, 5) is 2.23. The molecule has 0 amide bonds. The summed E-state index contributed by atoms with van der Waals surface area (Å²) in [7, 11) is 1.71. The molecule has 1 N–H and O–H groups in total. The second-order valence-electron chi connectivity index (χ2n) is 4.85. The molecule has 1 aliphatic rings. The van der Waals surface area contributed by atoms with Gasteiger partial charge in [0, 0.05) is 33.2 Å². The lowest BCUT2D eigenvalue weighted by Gasteiger charge is -2.20. The highest BCUT2D eigenvalue weighted by Crippen LogP contribution is 2.25. The molecule has 106 valence electrons. The van der Waals surface area contributed by atoms with Gasteiger partial charge >= 0.3 is 0 Å². The fourth-order valence-corrected chi connectivity index (χ4v) is 2.38. The summed E-state index contributed by atoms with van der Waals surface area (Å²) in [6, 6.07) is 6.45. The molecule has 0 spiro atoms. The summed E-state index contributed by atoms with van der Waals surface area (Å²) in [5, 5.41) is 9.06. The van der Waals surface area contributed by atoms with Gasteiger partial charge in [-0.3, -0.25) is 4.90 Å². The van der Waals surface area contributed by atoms with Gasteiger partial charge in [-0.15, -0.1) is 0 Å². The smallest absolute Gasteiger partial charge is 0.122 e. The number of ether oxygens (including phenoxy) is 2. The van der Waals surface area contributed by atoms with E-state index >= 15 is 0 Å². The molecule has 0 atom stereocenters. The predicted octanol–water partition coefficient (Wildman–Crippen LogP) is 1.10. The zero-order valence-corrected chi connectivity index (χ0v) is 11.6. The molecule has 4 nitrogen and oxygen atoms in total. The van der Waals surface area contributed by atoms with E-state index in [0.717, 1.165) is 38.3 Å². The monoisotopic (exact) mass is 265 g/mol. The molecular formula is C15H23NO3. The first-order valence-corrected chi connectivity index (χ1v) is 6.90. The van der Waals surface area contributed by atoms with Crippen LogP contribution in [0, 0.1) is 0 Å². The van der Waals surface area contributed by atoms with Crippen LogP contribution in [0.25, 0.3) is 0 Å². The quantitative estimate of drug-likeness (QED) is 0.764. The van der Waals surface area contributed by atoms with E-state index in [1.54, 1.807) is 7.11 Å². The zero-order valence-electron chi connectivity index (χ0n) is 11.6. The maximum absolute atomic E-state index is 9.06. The Morgan fingerprint density at radius 3 is 3.00 bits per heavy atom. The molecule has 0 saturated carbocycles. The number of hydrogen-bond acceptors (Lipinski definition) is 4. The van der Waals surface area contributed by atoms with Gasteiger partial charge in [-0.1, -0.05) is 12.1 Å². The van der Waals surface area contributed by atoms with Gasteiger partial charge in [0.2, 0.25) is 0 Å². The van der Waals surface area contributed by atoms with Crippen LogP contribution >= 0.6 is 0 Å². The average Bonchev–Trinajstić information content (AvgIpc) is 2.89. The second-order valence-corrected chi connectivity index (χ2v) is 4.85. The van der Waals surface area contributed by atoms with Gasteiger partial charge in [-0.2, -0.15) is 0 Å². The fourth-order valence-electron chi connectivity index (χ4n) is 2.38. The van der Waals surface area contributed by atoms with E-state index in [-0.39, 0.29) is 6.61 Å². The summed E-state index contributed by atoms with van der Waals surface area (Å²) in [5.74, 6) is 1.04. The van der Waals surface area contributed by atoms with Crippen molar-refractivity contribution >= 4 is 0 Å². The first-order valence-electron chi connectivity index (χ1n) is 6.90. The van der Waals surface area contributed by atoms with Gasteiger partial charge in [-0.05, 0) is 23.6 Å². The van der Waals surface area contributed by atoms with Crippen molar-refractivity contribution in [2.45, 2.75) is 12.8 Å². The van der Waals surface area contributed by atoms with Crippen LogP contribution in [0.3, 0.4) is 0 Å². The molecule has 19 heavy (non-hydrogen) atoms. The Bertz CT molecular complexity index is 395. The van der Waals surface area contributed by atoms with Crippen LogP contribution in [0.2, 0.25) is 0 Å². The molecule has 1 heterocycles. The van der Waals surface area contributed by atoms with E-state index in [1.165, 1.54) is 11.1 Å². The lowest BCUT2D eigenvalue weighted by molar-refractivity contribution is 0.131. The molecule has 2 rings (SSSR count). The Balaban J connectivity index is 1.85. The molecule has 0 bridgehead atoms. The lowest BCUT2D eigenvalue weighted by Crippen LogP contribution is -2.32. The molecule has 0 aromatic heterocycles. The Kier molecular flexibility index (Phi) is 5.63. The van der Waals surface area contributed by atoms with Crippen molar-refractivity contribution in [1.82, 2.24) is 4.90 Å². The van der Waals surface area contributed by atoms with Gasteiger partial charge in [-0.25, -0.2) is 0 Å². The van der Waals surface area contributed by atoms with Gasteiger partial charge in [0.25, 0.3) is 0 Å². The topological polar surface area (TPSA) is 41.9 Å². The highest BCUT2D eigenvalue weighted by atomic mass is 16.5. The number of nitrogens with zero attached hydrogens (tertiary/aromatic N) is 1. The van der Waals surface area contributed by atoms with E-state index in [4.69, 9.17) is 14.6 Å². The Morgan fingerprint density at radius 2 is 2.21 bits per heavy atom. The number of rotatable bonds is 8. The highest BCUT2D eigenvalue weighted by molar-refractivity contribution is 5.39. The molecule has 0 radical (unpaired) electrons.